The lowest BCUT2D eigenvalue weighted by molar-refractivity contribution is 0.255. The van der Waals surface area contributed by atoms with Crippen molar-refractivity contribution >= 4 is 0 Å². The van der Waals surface area contributed by atoms with Gasteiger partial charge in [0.1, 0.15) is 11.6 Å². The van der Waals surface area contributed by atoms with Gasteiger partial charge in [-0.1, -0.05) is 12.1 Å². The van der Waals surface area contributed by atoms with E-state index >= 15 is 0 Å². The summed E-state index contributed by atoms with van der Waals surface area (Å²) < 4.78 is 36.3. The van der Waals surface area contributed by atoms with Crippen LogP contribution < -0.4 is 20.9 Å². The molecule has 0 radical (unpaired) electrons. The highest BCUT2D eigenvalue weighted by Crippen LogP contribution is 2.32. The van der Waals surface area contributed by atoms with Crippen molar-refractivity contribution in [2.75, 3.05) is 13.2 Å². The molecule has 2 atom stereocenters. The Kier molecular flexibility index (Phi) is 4.97. The van der Waals surface area contributed by atoms with Crippen LogP contribution >= 0.6 is 0 Å². The van der Waals surface area contributed by atoms with E-state index in [2.05, 4.69) is 0 Å². The SMILES string of the molecule is NC1CCOc2c(F)cccc21.NC1CCOc2ccc(F)cc21. The molecule has 0 aliphatic carbocycles. The van der Waals surface area contributed by atoms with Crippen molar-refractivity contribution in [1.29, 1.82) is 0 Å². The predicted octanol–water partition coefficient (Wildman–Crippen LogP) is 3.22. The van der Waals surface area contributed by atoms with Crippen LogP contribution in [0.1, 0.15) is 36.1 Å². The van der Waals surface area contributed by atoms with E-state index in [4.69, 9.17) is 20.9 Å². The summed E-state index contributed by atoms with van der Waals surface area (Å²) in [5.41, 5.74) is 13.1. The van der Waals surface area contributed by atoms with E-state index in [1.54, 1.807) is 12.1 Å². The van der Waals surface area contributed by atoms with Crippen molar-refractivity contribution in [2.24, 2.45) is 11.5 Å². The average Bonchev–Trinajstić information content (AvgIpc) is 2.58. The van der Waals surface area contributed by atoms with Gasteiger partial charge in [-0.2, -0.15) is 0 Å². The number of hydrogen-bond acceptors (Lipinski definition) is 4. The number of halogens is 2. The van der Waals surface area contributed by atoms with E-state index in [1.165, 1.54) is 18.2 Å². The molecule has 0 bridgehead atoms. The first-order chi connectivity index (χ1) is 11.6. The Morgan fingerprint density at radius 3 is 2.33 bits per heavy atom. The molecule has 2 heterocycles. The second kappa shape index (κ2) is 7.15. The van der Waals surface area contributed by atoms with Crippen LogP contribution in [0.25, 0.3) is 0 Å². The lowest BCUT2D eigenvalue weighted by atomic mass is 10.0. The van der Waals surface area contributed by atoms with Gasteiger partial charge < -0.3 is 20.9 Å². The Labute approximate surface area is 139 Å². The van der Waals surface area contributed by atoms with Crippen LogP contribution in [-0.4, -0.2) is 13.2 Å². The van der Waals surface area contributed by atoms with Crippen molar-refractivity contribution in [3.63, 3.8) is 0 Å². The molecule has 2 aromatic rings. The van der Waals surface area contributed by atoms with Crippen molar-refractivity contribution in [3.05, 3.63) is 59.2 Å². The van der Waals surface area contributed by atoms with E-state index in [-0.39, 0.29) is 23.7 Å². The molecule has 2 unspecified atom stereocenters. The molecule has 4 rings (SSSR count). The third-order valence-electron chi connectivity index (χ3n) is 4.13. The Hall–Kier alpha value is -2.18. The first-order valence-corrected chi connectivity index (χ1v) is 7.91. The molecule has 0 fully saturated rings. The quantitative estimate of drug-likeness (QED) is 0.776. The number of nitrogens with two attached hydrogens (primary N) is 2. The molecule has 2 aromatic carbocycles. The first-order valence-electron chi connectivity index (χ1n) is 7.91. The van der Waals surface area contributed by atoms with Gasteiger partial charge in [-0.05, 0) is 24.3 Å². The van der Waals surface area contributed by atoms with Crippen molar-refractivity contribution in [2.45, 2.75) is 24.9 Å². The molecule has 128 valence electrons. The summed E-state index contributed by atoms with van der Waals surface area (Å²) in [6.45, 7) is 1.13. The monoisotopic (exact) mass is 334 g/mol. The Bertz CT molecular complexity index is 718. The van der Waals surface area contributed by atoms with Crippen molar-refractivity contribution in [1.82, 2.24) is 0 Å². The molecule has 24 heavy (non-hydrogen) atoms. The average molecular weight is 334 g/mol. The molecule has 2 aliphatic rings. The van der Waals surface area contributed by atoms with E-state index < -0.39 is 0 Å². The van der Waals surface area contributed by atoms with Gasteiger partial charge in [-0.25, -0.2) is 8.78 Å². The minimum absolute atomic E-state index is 0.0792. The fourth-order valence-electron chi connectivity index (χ4n) is 2.81. The normalized spacial score (nSPS) is 21.3. The van der Waals surface area contributed by atoms with Crippen LogP contribution in [0.4, 0.5) is 8.78 Å². The number of rotatable bonds is 0. The van der Waals surface area contributed by atoms with Crippen molar-refractivity contribution in [3.8, 4) is 11.5 Å². The highest BCUT2D eigenvalue weighted by Gasteiger charge is 2.20. The van der Waals surface area contributed by atoms with Crippen LogP contribution in [0.3, 0.4) is 0 Å². The molecule has 4 nitrogen and oxygen atoms in total. The zero-order valence-corrected chi connectivity index (χ0v) is 13.2. The van der Waals surface area contributed by atoms with E-state index in [0.29, 0.717) is 19.0 Å². The largest absolute Gasteiger partial charge is 0.493 e. The van der Waals surface area contributed by atoms with Crippen LogP contribution in [0.15, 0.2) is 36.4 Å². The summed E-state index contributed by atoms with van der Waals surface area (Å²) in [7, 11) is 0. The zero-order valence-electron chi connectivity index (χ0n) is 13.2. The number of benzene rings is 2. The molecular weight excluding hydrogens is 314 g/mol. The molecule has 6 heteroatoms. The summed E-state index contributed by atoms with van der Waals surface area (Å²) in [6.07, 6.45) is 1.52. The third kappa shape index (κ3) is 3.49. The molecule has 0 spiro atoms. The fourth-order valence-corrected chi connectivity index (χ4v) is 2.81. The summed E-state index contributed by atoms with van der Waals surface area (Å²) in [4.78, 5) is 0. The molecule has 0 aromatic heterocycles. The second-order valence-corrected chi connectivity index (χ2v) is 5.83. The predicted molar refractivity (Wildman–Crippen MR) is 86.9 cm³/mol. The van der Waals surface area contributed by atoms with Gasteiger partial charge in [-0.15, -0.1) is 0 Å². The molecule has 2 aliphatic heterocycles. The topological polar surface area (TPSA) is 70.5 Å². The second-order valence-electron chi connectivity index (χ2n) is 5.83. The van der Waals surface area contributed by atoms with Gasteiger partial charge >= 0.3 is 0 Å². The summed E-state index contributed by atoms with van der Waals surface area (Å²) in [5, 5.41) is 0. The lowest BCUT2D eigenvalue weighted by Crippen LogP contribution is -2.21. The molecule has 0 saturated carbocycles. The lowest BCUT2D eigenvalue weighted by Gasteiger charge is -2.22. The van der Waals surface area contributed by atoms with Gasteiger partial charge in [-0.3, -0.25) is 0 Å². The van der Waals surface area contributed by atoms with Crippen LogP contribution in [0.5, 0.6) is 11.5 Å². The number of para-hydroxylation sites is 1. The number of ether oxygens (including phenoxy) is 2. The fraction of sp³-hybridized carbons (Fsp3) is 0.333. The van der Waals surface area contributed by atoms with Gasteiger partial charge in [0, 0.05) is 36.1 Å². The van der Waals surface area contributed by atoms with E-state index in [9.17, 15) is 8.78 Å². The van der Waals surface area contributed by atoms with Gasteiger partial charge in [0.25, 0.3) is 0 Å². The number of fused-ring (bicyclic) bond motifs is 2. The van der Waals surface area contributed by atoms with Crippen molar-refractivity contribution < 1.29 is 18.3 Å². The standard InChI is InChI=1S/2C9H10FNO/c10-6-1-2-9-7(5-6)8(11)3-4-12-9;10-7-3-1-2-6-8(11)4-5-12-9(6)7/h1-2,5,8H,3-4,11H2;1-3,8H,4-5,11H2. The Morgan fingerprint density at radius 1 is 0.875 bits per heavy atom. The summed E-state index contributed by atoms with van der Waals surface area (Å²) in [5.74, 6) is 0.476. The van der Waals surface area contributed by atoms with E-state index in [1.807, 2.05) is 6.07 Å². The zero-order chi connectivity index (χ0) is 17.1. The Balaban J connectivity index is 0.000000141. The van der Waals surface area contributed by atoms with Crippen LogP contribution in [0, 0.1) is 11.6 Å². The van der Waals surface area contributed by atoms with Gasteiger partial charge in [0.05, 0.1) is 13.2 Å². The minimum Gasteiger partial charge on any atom is -0.493 e. The smallest absolute Gasteiger partial charge is 0.165 e. The first kappa shape index (κ1) is 16.7. The van der Waals surface area contributed by atoms with Crippen LogP contribution in [0.2, 0.25) is 0 Å². The minimum atomic E-state index is -0.317. The number of hydrogen-bond donors (Lipinski definition) is 2. The Morgan fingerprint density at radius 2 is 1.58 bits per heavy atom. The molecule has 4 N–H and O–H groups in total. The summed E-state index contributed by atoms with van der Waals surface area (Å²) in [6, 6.07) is 9.15. The van der Waals surface area contributed by atoms with Crippen LogP contribution in [-0.2, 0) is 0 Å². The highest BCUT2D eigenvalue weighted by molar-refractivity contribution is 5.38. The highest BCUT2D eigenvalue weighted by atomic mass is 19.1. The molecule has 0 saturated heterocycles. The summed E-state index contributed by atoms with van der Waals surface area (Å²) >= 11 is 0. The van der Waals surface area contributed by atoms with Gasteiger partial charge in [0.2, 0.25) is 0 Å². The maximum absolute atomic E-state index is 13.1. The molecular formula is C18H20F2N2O2. The van der Waals surface area contributed by atoms with E-state index in [0.717, 1.165) is 29.7 Å². The maximum atomic E-state index is 13.1. The van der Waals surface area contributed by atoms with Gasteiger partial charge in [0.15, 0.2) is 11.6 Å². The third-order valence-corrected chi connectivity index (χ3v) is 4.13. The molecule has 0 amide bonds. The maximum Gasteiger partial charge on any atom is 0.165 e.